The van der Waals surface area contributed by atoms with Gasteiger partial charge >= 0.3 is 0 Å². The van der Waals surface area contributed by atoms with Crippen molar-refractivity contribution in [2.45, 2.75) is 67.2 Å². The molecule has 2 fully saturated rings. The van der Waals surface area contributed by atoms with E-state index in [2.05, 4.69) is 10.2 Å². The Kier molecular flexibility index (Phi) is 8.08. The third kappa shape index (κ3) is 5.47. The predicted molar refractivity (Wildman–Crippen MR) is 145 cm³/mol. The monoisotopic (exact) mass is 574 g/mol. The molecule has 1 aromatic heterocycles. The van der Waals surface area contributed by atoms with Gasteiger partial charge in [-0.1, -0.05) is 25.5 Å². The average molecular weight is 575 g/mol. The highest BCUT2D eigenvalue weighted by Crippen LogP contribution is 2.34. The summed E-state index contributed by atoms with van der Waals surface area (Å²) >= 11 is 0. The van der Waals surface area contributed by atoms with Crippen molar-refractivity contribution < 1.29 is 26.0 Å². The van der Waals surface area contributed by atoms with Crippen molar-refractivity contribution in [1.82, 2.24) is 18.8 Å². The zero-order chi connectivity index (χ0) is 27.6. The molecule has 0 bridgehead atoms. The zero-order valence-electron chi connectivity index (χ0n) is 22.2. The molecule has 0 spiro atoms. The number of piperidine rings is 2. The molecule has 10 nitrogen and oxygen atoms in total. The molecule has 0 aliphatic carbocycles. The first kappa shape index (κ1) is 27.8. The molecule has 1 atom stereocenters. The van der Waals surface area contributed by atoms with Crippen molar-refractivity contribution in [3.63, 3.8) is 0 Å². The van der Waals surface area contributed by atoms with Crippen molar-refractivity contribution in [3.05, 3.63) is 54.4 Å². The molecule has 2 aliphatic rings. The molecule has 0 unspecified atom stereocenters. The fourth-order valence-electron chi connectivity index (χ4n) is 5.44. The maximum atomic E-state index is 13.4. The molecular weight excluding hydrogens is 540 g/mol. The number of hydrogen-bond donors (Lipinski definition) is 0. The number of para-hydroxylation sites is 1. The Morgan fingerprint density at radius 2 is 1.54 bits per heavy atom. The molecule has 39 heavy (non-hydrogen) atoms. The number of methoxy groups -OCH3 is 1. The Morgan fingerprint density at radius 1 is 0.872 bits per heavy atom. The highest BCUT2D eigenvalue weighted by atomic mass is 32.2. The standard InChI is InChI=1S/C27H34N4O6S2/c1-3-21-8-6-7-17-31(21)39(34,35)23-13-11-22(12-14-23)38(32,33)30-18-15-20(16-19-30)26-28-29-27(37-26)24-9-4-5-10-25(24)36-2/h4-5,9-14,20-21H,3,6-8,15-19H2,1-2H3/t21-/m0/s1. The molecule has 5 rings (SSSR count). The first-order valence-electron chi connectivity index (χ1n) is 13.3. The molecule has 2 aliphatic heterocycles. The summed E-state index contributed by atoms with van der Waals surface area (Å²) in [5.74, 6) is 1.41. The third-order valence-electron chi connectivity index (χ3n) is 7.69. The lowest BCUT2D eigenvalue weighted by atomic mass is 9.98. The lowest BCUT2D eigenvalue weighted by Gasteiger charge is -2.34. The van der Waals surface area contributed by atoms with Gasteiger partial charge in [-0.25, -0.2) is 16.8 Å². The Morgan fingerprint density at radius 3 is 2.21 bits per heavy atom. The van der Waals surface area contributed by atoms with Gasteiger partial charge < -0.3 is 9.15 Å². The van der Waals surface area contributed by atoms with Crippen molar-refractivity contribution >= 4 is 20.0 Å². The van der Waals surface area contributed by atoms with Gasteiger partial charge in [0.25, 0.3) is 5.89 Å². The lowest BCUT2D eigenvalue weighted by Crippen LogP contribution is -2.43. The maximum Gasteiger partial charge on any atom is 0.251 e. The van der Waals surface area contributed by atoms with Crippen LogP contribution in [0.1, 0.15) is 57.3 Å². The topological polar surface area (TPSA) is 123 Å². The second kappa shape index (κ2) is 11.4. The number of aromatic nitrogens is 2. The summed E-state index contributed by atoms with van der Waals surface area (Å²) in [6.45, 7) is 3.09. The van der Waals surface area contributed by atoms with Crippen molar-refractivity contribution in [1.29, 1.82) is 0 Å². The number of sulfonamides is 2. The Hall–Kier alpha value is -2.80. The second-order valence-corrected chi connectivity index (χ2v) is 13.8. The van der Waals surface area contributed by atoms with E-state index in [0.29, 0.717) is 55.6 Å². The summed E-state index contributed by atoms with van der Waals surface area (Å²) < 4.78 is 67.5. The predicted octanol–water partition coefficient (Wildman–Crippen LogP) is 4.27. The summed E-state index contributed by atoms with van der Waals surface area (Å²) in [6, 6.07) is 13.0. The minimum atomic E-state index is -3.78. The first-order valence-corrected chi connectivity index (χ1v) is 16.2. The van der Waals surface area contributed by atoms with Crippen molar-refractivity contribution in [3.8, 4) is 17.2 Å². The Labute approximate surface area is 230 Å². The van der Waals surface area contributed by atoms with Crippen LogP contribution in [0.25, 0.3) is 11.5 Å². The number of ether oxygens (including phenoxy) is 1. The summed E-state index contributed by atoms with van der Waals surface area (Å²) in [5.41, 5.74) is 0.703. The number of rotatable bonds is 8. The molecule has 210 valence electrons. The van der Waals surface area contributed by atoms with E-state index in [9.17, 15) is 16.8 Å². The van der Waals surface area contributed by atoms with Gasteiger partial charge in [-0.3, -0.25) is 0 Å². The number of hydrogen-bond acceptors (Lipinski definition) is 8. The Bertz CT molecular complexity index is 1500. The number of nitrogens with zero attached hydrogens (tertiary/aromatic N) is 4. The van der Waals surface area contributed by atoms with Crippen LogP contribution in [0.15, 0.2) is 62.7 Å². The van der Waals surface area contributed by atoms with Crippen LogP contribution in [0.2, 0.25) is 0 Å². The average Bonchev–Trinajstić information content (AvgIpc) is 3.47. The van der Waals surface area contributed by atoms with Gasteiger partial charge in [-0.15, -0.1) is 10.2 Å². The molecule has 3 heterocycles. The van der Waals surface area contributed by atoms with Crippen LogP contribution < -0.4 is 4.74 Å². The van der Waals surface area contributed by atoms with Gasteiger partial charge in [-0.2, -0.15) is 8.61 Å². The smallest absolute Gasteiger partial charge is 0.251 e. The fourth-order valence-corrected chi connectivity index (χ4v) is 8.68. The summed E-state index contributed by atoms with van der Waals surface area (Å²) in [4.78, 5) is 0.213. The maximum absolute atomic E-state index is 13.4. The molecule has 0 amide bonds. The SMILES string of the molecule is CC[C@H]1CCCCN1S(=O)(=O)c1ccc(S(=O)(=O)N2CCC(c3nnc(-c4ccccc4OC)o3)CC2)cc1. The van der Waals surface area contributed by atoms with Crippen LogP contribution in [-0.4, -0.2) is 68.4 Å². The van der Waals surface area contributed by atoms with Gasteiger partial charge in [-0.05, 0) is 68.5 Å². The van der Waals surface area contributed by atoms with E-state index in [1.165, 1.54) is 28.6 Å². The van der Waals surface area contributed by atoms with Crippen molar-refractivity contribution in [2.75, 3.05) is 26.7 Å². The Balaban J connectivity index is 1.26. The molecule has 2 aromatic carbocycles. The summed E-state index contributed by atoms with van der Waals surface area (Å²) in [5, 5.41) is 8.39. The molecule has 0 saturated carbocycles. The molecule has 0 N–H and O–H groups in total. The van der Waals surface area contributed by atoms with E-state index in [-0.39, 0.29) is 21.8 Å². The van der Waals surface area contributed by atoms with E-state index < -0.39 is 20.0 Å². The normalized spacial score (nSPS) is 20.2. The molecular formula is C27H34N4O6S2. The molecule has 0 radical (unpaired) electrons. The van der Waals surface area contributed by atoms with E-state index in [4.69, 9.17) is 9.15 Å². The van der Waals surface area contributed by atoms with Gasteiger partial charge in [0.05, 0.1) is 22.5 Å². The van der Waals surface area contributed by atoms with Gasteiger partial charge in [0.15, 0.2) is 0 Å². The molecule has 3 aromatic rings. The quantitative estimate of drug-likeness (QED) is 0.391. The van der Waals surface area contributed by atoms with Crippen LogP contribution in [-0.2, 0) is 20.0 Å². The van der Waals surface area contributed by atoms with Gasteiger partial charge in [0, 0.05) is 31.6 Å². The fraction of sp³-hybridized carbons (Fsp3) is 0.481. The minimum Gasteiger partial charge on any atom is -0.496 e. The van der Waals surface area contributed by atoms with Crippen LogP contribution in [0.3, 0.4) is 0 Å². The summed E-state index contributed by atoms with van der Waals surface area (Å²) in [7, 11) is -5.87. The highest BCUT2D eigenvalue weighted by Gasteiger charge is 2.35. The van der Waals surface area contributed by atoms with Crippen LogP contribution >= 0.6 is 0 Å². The van der Waals surface area contributed by atoms with Gasteiger partial charge in [0.1, 0.15) is 5.75 Å². The van der Waals surface area contributed by atoms with Crippen molar-refractivity contribution in [2.24, 2.45) is 0 Å². The molecule has 12 heteroatoms. The third-order valence-corrected chi connectivity index (χ3v) is 11.6. The van der Waals surface area contributed by atoms with Crippen LogP contribution in [0.4, 0.5) is 0 Å². The minimum absolute atomic E-state index is 0.0156. The second-order valence-electron chi connectivity index (χ2n) is 9.97. The first-order chi connectivity index (χ1) is 18.8. The summed E-state index contributed by atoms with van der Waals surface area (Å²) in [6.07, 6.45) is 4.53. The van der Waals surface area contributed by atoms with Crippen LogP contribution in [0.5, 0.6) is 5.75 Å². The van der Waals surface area contributed by atoms with E-state index in [0.717, 1.165) is 25.7 Å². The number of benzene rings is 2. The largest absolute Gasteiger partial charge is 0.496 e. The lowest BCUT2D eigenvalue weighted by molar-refractivity contribution is 0.246. The van der Waals surface area contributed by atoms with E-state index >= 15 is 0 Å². The van der Waals surface area contributed by atoms with E-state index in [1.54, 1.807) is 11.4 Å². The highest BCUT2D eigenvalue weighted by molar-refractivity contribution is 7.89. The zero-order valence-corrected chi connectivity index (χ0v) is 23.8. The van der Waals surface area contributed by atoms with Gasteiger partial charge in [0.2, 0.25) is 25.9 Å². The molecule has 2 saturated heterocycles. The van der Waals surface area contributed by atoms with Crippen LogP contribution in [0, 0.1) is 0 Å². The van der Waals surface area contributed by atoms with E-state index in [1.807, 2.05) is 31.2 Å².